The first-order chi connectivity index (χ1) is 11.2. The monoisotopic (exact) mass is 336 g/mol. The van der Waals surface area contributed by atoms with Crippen LogP contribution < -0.4 is 15.4 Å². The van der Waals surface area contributed by atoms with E-state index in [0.717, 1.165) is 17.7 Å². The second-order valence-electron chi connectivity index (χ2n) is 6.48. The van der Waals surface area contributed by atoms with Crippen molar-refractivity contribution in [2.45, 2.75) is 52.2 Å². The molecular formula is C18H28N2O4. The molecule has 6 heteroatoms. The molecule has 2 N–H and O–H groups in total. The average Bonchev–Trinajstić information content (AvgIpc) is 2.51. The first-order valence-corrected chi connectivity index (χ1v) is 8.15. The van der Waals surface area contributed by atoms with Gasteiger partial charge in [0, 0.05) is 13.0 Å². The van der Waals surface area contributed by atoms with Gasteiger partial charge < -0.3 is 20.1 Å². The van der Waals surface area contributed by atoms with E-state index >= 15 is 0 Å². The van der Waals surface area contributed by atoms with E-state index in [2.05, 4.69) is 10.6 Å². The summed E-state index contributed by atoms with van der Waals surface area (Å²) in [6.07, 6.45) is 0.459. The Bertz CT molecular complexity index is 535. The zero-order valence-corrected chi connectivity index (χ0v) is 15.1. The van der Waals surface area contributed by atoms with Crippen LogP contribution in [0.4, 0.5) is 4.79 Å². The molecule has 0 aliphatic rings. The molecule has 0 bridgehead atoms. The molecule has 134 valence electrons. The second kappa shape index (κ2) is 9.15. The van der Waals surface area contributed by atoms with E-state index in [9.17, 15) is 9.59 Å². The molecule has 0 aromatic heterocycles. The molecule has 1 aromatic rings. The standard InChI is InChI=1S/C18H28N2O4/c1-6-15(13-7-9-14(23-5)10-8-13)20-16(21)11-12-19-17(22)24-18(2,3)4/h7-10,15H,6,11-12H2,1-5H3,(H,19,22)(H,20,21)/t15-/m1/s1. The van der Waals surface area contributed by atoms with Crippen molar-refractivity contribution in [2.75, 3.05) is 13.7 Å². The van der Waals surface area contributed by atoms with Crippen molar-refractivity contribution in [1.29, 1.82) is 0 Å². The van der Waals surface area contributed by atoms with Crippen molar-refractivity contribution < 1.29 is 19.1 Å². The molecule has 1 atom stereocenters. The van der Waals surface area contributed by atoms with Gasteiger partial charge in [0.05, 0.1) is 13.2 Å². The minimum Gasteiger partial charge on any atom is -0.497 e. The number of nitrogens with one attached hydrogen (secondary N) is 2. The fourth-order valence-corrected chi connectivity index (χ4v) is 2.12. The molecule has 0 spiro atoms. The van der Waals surface area contributed by atoms with E-state index in [4.69, 9.17) is 9.47 Å². The fourth-order valence-electron chi connectivity index (χ4n) is 2.12. The predicted octanol–water partition coefficient (Wildman–Crippen LogP) is 3.18. The number of carbonyl (C=O) groups excluding carboxylic acids is 2. The van der Waals surface area contributed by atoms with Crippen LogP contribution >= 0.6 is 0 Å². The van der Waals surface area contributed by atoms with Crippen LogP contribution in [0.3, 0.4) is 0 Å². The highest BCUT2D eigenvalue weighted by atomic mass is 16.6. The lowest BCUT2D eigenvalue weighted by atomic mass is 10.0. The minimum atomic E-state index is -0.548. The second-order valence-corrected chi connectivity index (χ2v) is 6.48. The van der Waals surface area contributed by atoms with Gasteiger partial charge in [0.2, 0.25) is 5.91 Å². The van der Waals surface area contributed by atoms with Gasteiger partial charge in [0.1, 0.15) is 11.4 Å². The largest absolute Gasteiger partial charge is 0.497 e. The van der Waals surface area contributed by atoms with Crippen LogP contribution in [-0.2, 0) is 9.53 Å². The highest BCUT2D eigenvalue weighted by Gasteiger charge is 2.16. The van der Waals surface area contributed by atoms with Crippen LogP contribution in [0.5, 0.6) is 5.75 Å². The molecule has 0 radical (unpaired) electrons. The number of ether oxygens (including phenoxy) is 2. The summed E-state index contributed by atoms with van der Waals surface area (Å²) in [6, 6.07) is 7.55. The van der Waals surface area contributed by atoms with Gasteiger partial charge in [-0.15, -0.1) is 0 Å². The van der Waals surface area contributed by atoms with Crippen LogP contribution in [0.25, 0.3) is 0 Å². The summed E-state index contributed by atoms with van der Waals surface area (Å²) < 4.78 is 10.3. The van der Waals surface area contributed by atoms with Crippen molar-refractivity contribution in [3.63, 3.8) is 0 Å². The Labute approximate surface area is 143 Å². The molecule has 0 saturated heterocycles. The maximum atomic E-state index is 12.0. The van der Waals surface area contributed by atoms with Crippen molar-refractivity contribution in [3.8, 4) is 5.75 Å². The summed E-state index contributed by atoms with van der Waals surface area (Å²) in [5.74, 6) is 0.662. The number of rotatable bonds is 7. The van der Waals surface area contributed by atoms with Crippen molar-refractivity contribution in [2.24, 2.45) is 0 Å². The molecule has 0 unspecified atom stereocenters. The molecule has 0 heterocycles. The smallest absolute Gasteiger partial charge is 0.407 e. The van der Waals surface area contributed by atoms with Crippen LogP contribution in [0.15, 0.2) is 24.3 Å². The summed E-state index contributed by atoms with van der Waals surface area (Å²) in [7, 11) is 1.62. The number of alkyl carbamates (subject to hydrolysis) is 1. The van der Waals surface area contributed by atoms with E-state index in [1.807, 2.05) is 31.2 Å². The third kappa shape index (κ3) is 7.35. The summed E-state index contributed by atoms with van der Waals surface area (Å²) >= 11 is 0. The van der Waals surface area contributed by atoms with Crippen LogP contribution in [0.1, 0.15) is 52.1 Å². The molecule has 0 saturated carbocycles. The van der Waals surface area contributed by atoms with E-state index in [0.29, 0.717) is 0 Å². The van der Waals surface area contributed by atoms with Crippen LogP contribution in [0.2, 0.25) is 0 Å². The zero-order chi connectivity index (χ0) is 18.2. The highest BCUT2D eigenvalue weighted by Crippen LogP contribution is 2.20. The van der Waals surface area contributed by atoms with Gasteiger partial charge in [-0.25, -0.2) is 4.79 Å². The van der Waals surface area contributed by atoms with Crippen molar-refractivity contribution in [1.82, 2.24) is 10.6 Å². The van der Waals surface area contributed by atoms with Gasteiger partial charge in [0.25, 0.3) is 0 Å². The SMILES string of the molecule is CC[C@@H](NC(=O)CCNC(=O)OC(C)(C)C)c1ccc(OC)cc1. The number of benzene rings is 1. The molecule has 2 amide bonds. The predicted molar refractivity (Wildman–Crippen MR) is 93.0 cm³/mol. The molecule has 0 aliphatic heterocycles. The Morgan fingerprint density at radius 2 is 1.79 bits per heavy atom. The summed E-state index contributed by atoms with van der Waals surface area (Å²) in [5.41, 5.74) is 0.473. The van der Waals surface area contributed by atoms with Gasteiger partial charge in [-0.3, -0.25) is 4.79 Å². The highest BCUT2D eigenvalue weighted by molar-refractivity contribution is 5.77. The van der Waals surface area contributed by atoms with Gasteiger partial charge in [-0.1, -0.05) is 19.1 Å². The Hall–Kier alpha value is -2.24. The van der Waals surface area contributed by atoms with Crippen molar-refractivity contribution in [3.05, 3.63) is 29.8 Å². The van der Waals surface area contributed by atoms with Crippen LogP contribution in [0, 0.1) is 0 Å². The quantitative estimate of drug-likeness (QED) is 0.802. The molecule has 1 rings (SSSR count). The van der Waals surface area contributed by atoms with E-state index in [-0.39, 0.29) is 24.9 Å². The van der Waals surface area contributed by atoms with Crippen molar-refractivity contribution >= 4 is 12.0 Å². The Morgan fingerprint density at radius 1 is 1.17 bits per heavy atom. The van der Waals surface area contributed by atoms with Crippen LogP contribution in [-0.4, -0.2) is 31.3 Å². The maximum absolute atomic E-state index is 12.0. The number of hydrogen-bond acceptors (Lipinski definition) is 4. The lowest BCUT2D eigenvalue weighted by Gasteiger charge is -2.20. The number of methoxy groups -OCH3 is 1. The maximum Gasteiger partial charge on any atom is 0.407 e. The number of amides is 2. The molecular weight excluding hydrogens is 308 g/mol. The van der Waals surface area contributed by atoms with Gasteiger partial charge in [0.15, 0.2) is 0 Å². The first-order valence-electron chi connectivity index (χ1n) is 8.15. The third-order valence-electron chi connectivity index (χ3n) is 3.28. The minimum absolute atomic E-state index is 0.0649. The van der Waals surface area contributed by atoms with Gasteiger partial charge in [-0.05, 0) is 44.9 Å². The van der Waals surface area contributed by atoms with E-state index < -0.39 is 11.7 Å². The van der Waals surface area contributed by atoms with E-state index in [1.165, 1.54) is 0 Å². The van der Waals surface area contributed by atoms with Gasteiger partial charge in [-0.2, -0.15) is 0 Å². The zero-order valence-electron chi connectivity index (χ0n) is 15.1. The molecule has 0 aliphatic carbocycles. The molecule has 1 aromatic carbocycles. The molecule has 0 fully saturated rings. The third-order valence-corrected chi connectivity index (χ3v) is 3.28. The number of hydrogen-bond donors (Lipinski definition) is 2. The first kappa shape index (κ1) is 19.8. The summed E-state index contributed by atoms with van der Waals surface area (Å²) in [6.45, 7) is 7.62. The lowest BCUT2D eigenvalue weighted by Crippen LogP contribution is -2.35. The summed E-state index contributed by atoms with van der Waals surface area (Å²) in [4.78, 5) is 23.6. The number of carbonyl (C=O) groups is 2. The molecule has 24 heavy (non-hydrogen) atoms. The fraction of sp³-hybridized carbons (Fsp3) is 0.556. The summed E-state index contributed by atoms with van der Waals surface area (Å²) in [5, 5.41) is 5.55. The molecule has 6 nitrogen and oxygen atoms in total. The van der Waals surface area contributed by atoms with E-state index in [1.54, 1.807) is 27.9 Å². The normalized spacial score (nSPS) is 12.2. The lowest BCUT2D eigenvalue weighted by molar-refractivity contribution is -0.121. The topological polar surface area (TPSA) is 76.7 Å². The van der Waals surface area contributed by atoms with Gasteiger partial charge >= 0.3 is 6.09 Å². The Kier molecular flexibility index (Phi) is 7.55. The Morgan fingerprint density at radius 3 is 2.29 bits per heavy atom. The average molecular weight is 336 g/mol. The Balaban J connectivity index is 2.43.